The van der Waals surface area contributed by atoms with Gasteiger partial charge < -0.3 is 4.98 Å². The Morgan fingerprint density at radius 3 is 1.96 bits per heavy atom. The summed E-state index contributed by atoms with van der Waals surface area (Å²) < 4.78 is 0. The van der Waals surface area contributed by atoms with Gasteiger partial charge in [-0.2, -0.15) is 0 Å². The molecule has 124 valence electrons. The van der Waals surface area contributed by atoms with Crippen LogP contribution in [-0.4, -0.2) is 16.3 Å². The molecule has 1 aliphatic carbocycles. The summed E-state index contributed by atoms with van der Waals surface area (Å²) in [4.78, 5) is 3.98. The number of hydrogen-bond donors (Lipinski definition) is 1. The first-order chi connectivity index (χ1) is 11.4. The highest BCUT2D eigenvalue weighted by Gasteiger charge is 2.39. The van der Waals surface area contributed by atoms with E-state index in [1.54, 1.807) is 10.4 Å². The first-order valence-electron chi connectivity index (χ1n) is 8.71. The van der Waals surface area contributed by atoms with E-state index in [2.05, 4.69) is 104 Å². The highest BCUT2D eigenvalue weighted by Crippen LogP contribution is 2.34. The Balaban J connectivity index is 2.13. The van der Waals surface area contributed by atoms with E-state index in [1.807, 2.05) is 0 Å². The van der Waals surface area contributed by atoms with E-state index in [4.69, 9.17) is 0 Å². The van der Waals surface area contributed by atoms with Gasteiger partial charge in [-0.1, -0.05) is 90.7 Å². The second-order valence-corrected chi connectivity index (χ2v) is 16.5. The molecule has 0 spiro atoms. The topological polar surface area (TPSA) is 12.0 Å². The molecule has 1 unspecified atom stereocenters. The molecule has 2 aromatic carbocycles. The number of anilines is 1. The molecule has 0 aliphatic heterocycles. The third kappa shape index (κ3) is 3.33. The fourth-order valence-electron chi connectivity index (χ4n) is 3.58. The first-order valence-corrected chi connectivity index (χ1v) is 14.7. The summed E-state index contributed by atoms with van der Waals surface area (Å²) >= 11 is 0. The molecule has 0 bridgehead atoms. The van der Waals surface area contributed by atoms with Crippen molar-refractivity contribution >= 4 is 27.2 Å². The van der Waals surface area contributed by atoms with E-state index in [-0.39, 0.29) is 0 Å². The third-order valence-corrected chi connectivity index (χ3v) is 11.2. The number of allylic oxidation sites excluding steroid dienone is 4. The zero-order chi connectivity index (χ0) is 17.2. The summed E-state index contributed by atoms with van der Waals surface area (Å²) in [5.41, 5.74) is 1.23. The Kier molecular flexibility index (Phi) is 4.65. The van der Waals surface area contributed by atoms with Gasteiger partial charge in [0.05, 0.1) is 8.07 Å². The number of nitrogens with one attached hydrogen (secondary N) is 1. The highest BCUT2D eigenvalue weighted by molar-refractivity contribution is 7.01. The molecule has 0 radical (unpaired) electrons. The van der Waals surface area contributed by atoms with Crippen molar-refractivity contribution in [2.45, 2.75) is 32.6 Å². The Hall–Kier alpha value is -1.85. The molecule has 0 amide bonds. The van der Waals surface area contributed by atoms with Gasteiger partial charge in [0.2, 0.25) is 8.24 Å². The minimum Gasteiger partial charge on any atom is -0.404 e. The molecule has 0 fully saturated rings. The molecule has 1 N–H and O–H groups in total. The van der Waals surface area contributed by atoms with E-state index in [0.29, 0.717) is 0 Å². The summed E-state index contributed by atoms with van der Waals surface area (Å²) in [6.45, 7) is 9.85. The summed E-state index contributed by atoms with van der Waals surface area (Å²) in [5, 5.41) is 4.77. The largest absolute Gasteiger partial charge is 0.404 e. The SMILES string of the molecule is C[Si](C)(C)C1=C([Si](C)(Nc2ccccc2)c2ccccc2)CC=C1. The molecule has 3 heteroatoms. The number of benzene rings is 2. The number of rotatable bonds is 5. The van der Waals surface area contributed by atoms with Crippen LogP contribution in [0.3, 0.4) is 0 Å². The quantitative estimate of drug-likeness (QED) is 0.727. The molecule has 1 atom stereocenters. The maximum absolute atomic E-state index is 3.98. The normalized spacial score (nSPS) is 17.0. The maximum Gasteiger partial charge on any atom is 0.211 e. The Labute approximate surface area is 148 Å². The number of para-hydroxylation sites is 1. The lowest BCUT2D eigenvalue weighted by Gasteiger charge is -2.35. The van der Waals surface area contributed by atoms with E-state index >= 15 is 0 Å². The summed E-state index contributed by atoms with van der Waals surface area (Å²) in [6, 6.07) is 21.7. The van der Waals surface area contributed by atoms with Gasteiger partial charge in [-0.3, -0.25) is 0 Å². The van der Waals surface area contributed by atoms with Crippen LogP contribution in [0.2, 0.25) is 26.2 Å². The van der Waals surface area contributed by atoms with Crippen LogP contribution in [0.4, 0.5) is 5.69 Å². The minimum atomic E-state index is -2.00. The van der Waals surface area contributed by atoms with Gasteiger partial charge in [0, 0.05) is 5.69 Å². The molecular weight excluding hydrogens is 322 g/mol. The average Bonchev–Trinajstić information content (AvgIpc) is 3.07. The van der Waals surface area contributed by atoms with Crippen LogP contribution < -0.4 is 10.2 Å². The van der Waals surface area contributed by atoms with Crippen molar-refractivity contribution in [2.75, 3.05) is 4.98 Å². The van der Waals surface area contributed by atoms with Crippen molar-refractivity contribution in [3.63, 3.8) is 0 Å². The van der Waals surface area contributed by atoms with E-state index in [9.17, 15) is 0 Å². The van der Waals surface area contributed by atoms with Gasteiger partial charge in [0.1, 0.15) is 0 Å². The van der Waals surface area contributed by atoms with Crippen LogP contribution in [0.25, 0.3) is 0 Å². The van der Waals surface area contributed by atoms with Crippen molar-refractivity contribution in [2.24, 2.45) is 0 Å². The van der Waals surface area contributed by atoms with Crippen LogP contribution in [0.5, 0.6) is 0 Å². The zero-order valence-electron chi connectivity index (χ0n) is 15.1. The van der Waals surface area contributed by atoms with E-state index < -0.39 is 16.3 Å². The fourth-order valence-corrected chi connectivity index (χ4v) is 10.5. The monoisotopic (exact) mass is 349 g/mol. The van der Waals surface area contributed by atoms with Crippen LogP contribution in [0.15, 0.2) is 83.2 Å². The smallest absolute Gasteiger partial charge is 0.211 e. The lowest BCUT2D eigenvalue weighted by Crippen LogP contribution is -2.55. The molecule has 3 rings (SSSR count). The van der Waals surface area contributed by atoms with Crippen molar-refractivity contribution in [3.8, 4) is 0 Å². The second-order valence-electron chi connectivity index (χ2n) is 7.73. The zero-order valence-corrected chi connectivity index (χ0v) is 17.1. The average molecular weight is 350 g/mol. The molecule has 0 saturated carbocycles. The lowest BCUT2D eigenvalue weighted by atomic mass is 10.3. The molecule has 0 aromatic heterocycles. The summed E-state index contributed by atoms with van der Waals surface area (Å²) in [7, 11) is -3.36. The van der Waals surface area contributed by atoms with Gasteiger partial charge in [0.25, 0.3) is 0 Å². The minimum absolute atomic E-state index is 1.09. The standard InChI is InChI=1S/C21H27NSi2/c1-23(2,3)20-16-11-17-21(20)24(4,19-14-9-6-10-15-19)22-18-12-7-5-8-13-18/h5-16,22H,17H2,1-4H3. The van der Waals surface area contributed by atoms with Crippen molar-refractivity contribution in [3.05, 3.63) is 83.2 Å². The van der Waals surface area contributed by atoms with Crippen LogP contribution >= 0.6 is 0 Å². The first kappa shape index (κ1) is 17.0. The molecule has 0 saturated heterocycles. The van der Waals surface area contributed by atoms with E-state index in [1.165, 1.54) is 10.9 Å². The Morgan fingerprint density at radius 1 is 0.792 bits per heavy atom. The van der Waals surface area contributed by atoms with Crippen LogP contribution in [0.1, 0.15) is 6.42 Å². The van der Waals surface area contributed by atoms with Crippen molar-refractivity contribution < 1.29 is 0 Å². The third-order valence-electron chi connectivity index (χ3n) is 4.86. The summed E-state index contributed by atoms with van der Waals surface area (Å²) in [6.07, 6.45) is 5.86. The molecule has 1 nitrogen and oxygen atoms in total. The Bertz CT molecular complexity index is 757. The second kappa shape index (κ2) is 6.57. The van der Waals surface area contributed by atoms with Gasteiger partial charge >= 0.3 is 0 Å². The molecule has 2 aromatic rings. The molecule has 0 heterocycles. The molecule has 1 aliphatic rings. The van der Waals surface area contributed by atoms with Gasteiger partial charge in [-0.15, -0.1) is 0 Å². The highest BCUT2D eigenvalue weighted by atomic mass is 28.3. The van der Waals surface area contributed by atoms with Crippen LogP contribution in [0, 0.1) is 0 Å². The molecule has 24 heavy (non-hydrogen) atoms. The van der Waals surface area contributed by atoms with Crippen LogP contribution in [-0.2, 0) is 0 Å². The maximum atomic E-state index is 3.98. The van der Waals surface area contributed by atoms with E-state index in [0.717, 1.165) is 6.42 Å². The fraction of sp³-hybridized carbons (Fsp3) is 0.238. The lowest BCUT2D eigenvalue weighted by molar-refractivity contribution is 1.34. The van der Waals surface area contributed by atoms with Crippen molar-refractivity contribution in [1.29, 1.82) is 0 Å². The predicted molar refractivity (Wildman–Crippen MR) is 112 cm³/mol. The Morgan fingerprint density at radius 2 is 1.38 bits per heavy atom. The summed E-state index contributed by atoms with van der Waals surface area (Å²) in [5.74, 6) is 0. The van der Waals surface area contributed by atoms with Gasteiger partial charge in [-0.25, -0.2) is 0 Å². The van der Waals surface area contributed by atoms with Gasteiger partial charge in [0.15, 0.2) is 0 Å². The van der Waals surface area contributed by atoms with Gasteiger partial charge in [-0.05, 0) is 30.3 Å². The predicted octanol–water partition coefficient (Wildman–Crippen LogP) is 5.25. The van der Waals surface area contributed by atoms with Crippen molar-refractivity contribution in [1.82, 2.24) is 0 Å². The molecular formula is C21H27NSi2. The number of hydrogen-bond acceptors (Lipinski definition) is 1.